The van der Waals surface area contributed by atoms with Crippen molar-refractivity contribution in [2.75, 3.05) is 17.2 Å². The Morgan fingerprint density at radius 2 is 0.756 bits per heavy atom. The monoisotopic (exact) mass is 1090 g/mol. The van der Waals surface area contributed by atoms with E-state index < -0.39 is 30.8 Å². The van der Waals surface area contributed by atoms with Crippen LogP contribution >= 0.6 is 0 Å². The number of rotatable bonds is 13. The Hall–Kier alpha value is -6.53. The highest BCUT2D eigenvalue weighted by Gasteiger charge is 2.59. The van der Waals surface area contributed by atoms with Gasteiger partial charge in [-0.05, 0) is 152 Å². The molecular weight excluding hydrogens is 1030 g/mol. The first-order valence-electron chi connectivity index (χ1n) is 26.4. The Balaban J connectivity index is 0.000000132. The summed E-state index contributed by atoms with van der Waals surface area (Å²) in [5, 5.41) is 43.2. The number of aliphatic hydroxyl groups excluding tert-OH is 3. The number of pyridine rings is 3. The van der Waals surface area contributed by atoms with Gasteiger partial charge in [-0.1, -0.05) is 0 Å². The predicted molar refractivity (Wildman–Crippen MR) is 274 cm³/mol. The largest absolute Gasteiger partial charge is 0.431 e. The van der Waals surface area contributed by atoms with Gasteiger partial charge in [0.25, 0.3) is 0 Å². The summed E-state index contributed by atoms with van der Waals surface area (Å²) < 4.78 is 104. The second-order valence-electron chi connectivity index (χ2n) is 22.5. The summed E-state index contributed by atoms with van der Waals surface area (Å²) in [6.45, 7) is 6.29. The van der Waals surface area contributed by atoms with Gasteiger partial charge in [0.15, 0.2) is 23.1 Å². The third-order valence-corrected chi connectivity index (χ3v) is 16.4. The maximum atomic E-state index is 13.1. The second-order valence-corrected chi connectivity index (χ2v) is 22.5. The van der Waals surface area contributed by atoms with E-state index in [1.807, 2.05) is 46.1 Å². The lowest BCUT2D eigenvalue weighted by Crippen LogP contribution is -2.11. The lowest BCUT2D eigenvalue weighted by molar-refractivity contribution is -0.137. The quantitative estimate of drug-likeness (QED) is 0.0589. The van der Waals surface area contributed by atoms with E-state index in [1.54, 1.807) is 0 Å². The van der Waals surface area contributed by atoms with E-state index in [2.05, 4.69) is 67.4 Å². The fourth-order valence-electron chi connectivity index (χ4n) is 12.8. The molecule has 24 heteroatoms. The first-order valence-corrected chi connectivity index (χ1v) is 26.4. The number of hydrogen-bond donors (Lipinski definition) is 6. The molecule has 6 aromatic heterocycles. The molecule has 6 fully saturated rings. The number of aromatic nitrogens is 9. The van der Waals surface area contributed by atoms with Crippen LogP contribution in [0.15, 0.2) is 55.0 Å². The lowest BCUT2D eigenvalue weighted by Gasteiger charge is -2.13. The van der Waals surface area contributed by atoms with Crippen molar-refractivity contribution >= 4 is 17.5 Å². The molecule has 0 aliphatic heterocycles. The molecule has 6 heterocycles. The van der Waals surface area contributed by atoms with E-state index in [4.69, 9.17) is 17.2 Å². The summed E-state index contributed by atoms with van der Waals surface area (Å²) in [5.74, 6) is 3.07. The van der Waals surface area contributed by atoms with Crippen LogP contribution < -0.4 is 26.7 Å². The van der Waals surface area contributed by atoms with E-state index in [9.17, 15) is 46.1 Å². The third kappa shape index (κ3) is 10.9. The Bertz CT molecular complexity index is 2970. The van der Waals surface area contributed by atoms with Gasteiger partial charge in [-0.15, -0.1) is 0 Å². The van der Waals surface area contributed by atoms with Gasteiger partial charge in [0.05, 0.1) is 41.0 Å². The van der Waals surface area contributed by atoms with Crippen molar-refractivity contribution in [1.82, 2.24) is 44.3 Å². The summed E-state index contributed by atoms with van der Waals surface area (Å²) in [5.41, 5.74) is 22.2. The first kappa shape index (κ1) is 54.8. The Kier molecular flexibility index (Phi) is 14.7. The average molecular weight is 1100 g/mol. The average Bonchev–Trinajstić information content (AvgIpc) is 4.07. The van der Waals surface area contributed by atoms with Crippen molar-refractivity contribution in [3.05, 3.63) is 77.6 Å². The van der Waals surface area contributed by atoms with Gasteiger partial charge in [0.2, 0.25) is 0 Å². The van der Waals surface area contributed by atoms with Crippen LogP contribution in [0, 0.1) is 35.5 Å². The molecule has 9 N–H and O–H groups in total. The fourth-order valence-corrected chi connectivity index (χ4v) is 12.8. The molecule has 0 spiro atoms. The summed E-state index contributed by atoms with van der Waals surface area (Å²) in [6.07, 6.45) is 4.12. The van der Waals surface area contributed by atoms with Crippen LogP contribution in [0.3, 0.4) is 0 Å². The number of aliphatic hydroxyl groups is 3. The van der Waals surface area contributed by atoms with Gasteiger partial charge in [-0.3, -0.25) is 14.0 Å². The van der Waals surface area contributed by atoms with Gasteiger partial charge in [0.1, 0.15) is 5.82 Å². The van der Waals surface area contributed by atoms with Crippen LogP contribution in [0.2, 0.25) is 0 Å². The topological polar surface area (TPSA) is 249 Å². The molecule has 0 bridgehead atoms. The minimum atomic E-state index is -4.56. The molecule has 17 nitrogen and oxygen atoms in total. The van der Waals surface area contributed by atoms with Gasteiger partial charge >= 0.3 is 19.4 Å². The number of alkyl halides is 7. The molecule has 6 aromatic rings. The summed E-state index contributed by atoms with van der Waals surface area (Å²) >= 11 is 0. The number of anilines is 3. The fraction of sp³-hybridized carbons (Fsp3) is 0.556. The number of nitrogens with zero attached hydrogens (tertiary/aromatic N) is 9. The predicted octanol–water partition coefficient (Wildman–Crippen LogP) is 10.00. The Morgan fingerprint density at radius 3 is 1.03 bits per heavy atom. The standard InChI is InChI=1S/C18H21F3N4O.2C18H22F2N4O2/c1-8(2)25-15(16-11-4-10(26)5-12(11)16)6-14(24-25)9-3-13(18(19,20)21)17(22)23-7-9;2*1-8(2)24-14(16-11-4-10(25)5-12(11)16)6-13(23-24)9-3-15(26-18(19)20)17(21)22-7-9/h3,6-8,10-12,16,26H,4-5H2,1-2H3,(H2,22,23);2*3,6-8,10-12,16,18,25H,4-5H2,1-2H3,(H2,21,22)/t3*10?,11-,12+,16?. The minimum absolute atomic E-state index is 0.0803. The van der Waals surface area contributed by atoms with Crippen molar-refractivity contribution in [1.29, 1.82) is 0 Å². The molecule has 0 radical (unpaired) electrons. The molecule has 12 rings (SSSR count). The molecule has 0 aromatic carbocycles. The first-order chi connectivity index (χ1) is 36.9. The van der Waals surface area contributed by atoms with Crippen LogP contribution in [0.25, 0.3) is 33.8 Å². The summed E-state index contributed by atoms with van der Waals surface area (Å²) in [7, 11) is 0. The molecule has 0 amide bonds. The van der Waals surface area contributed by atoms with E-state index >= 15 is 0 Å². The van der Waals surface area contributed by atoms with Crippen LogP contribution in [-0.2, 0) is 6.18 Å². The number of ether oxygens (including phenoxy) is 2. The van der Waals surface area contributed by atoms with Crippen LogP contribution in [0.1, 0.15) is 139 Å². The van der Waals surface area contributed by atoms with Crippen LogP contribution in [0.4, 0.5) is 48.2 Å². The van der Waals surface area contributed by atoms with Gasteiger partial charge in [-0.25, -0.2) is 15.0 Å². The van der Waals surface area contributed by atoms with Crippen LogP contribution in [-0.4, -0.2) is 91.1 Å². The minimum Gasteiger partial charge on any atom is -0.431 e. The Morgan fingerprint density at radius 1 is 0.474 bits per heavy atom. The number of nitrogen functional groups attached to an aromatic ring is 3. The van der Waals surface area contributed by atoms with Crippen molar-refractivity contribution in [2.45, 2.75) is 154 Å². The number of hydrogen-bond acceptors (Lipinski definition) is 14. The highest BCUT2D eigenvalue weighted by Crippen LogP contribution is 2.65. The van der Waals surface area contributed by atoms with E-state index in [1.165, 1.54) is 30.7 Å². The normalized spacial score (nSPS) is 27.4. The van der Waals surface area contributed by atoms with Crippen molar-refractivity contribution in [3.8, 4) is 45.3 Å². The smallest absolute Gasteiger partial charge is 0.419 e. The van der Waals surface area contributed by atoms with Crippen molar-refractivity contribution < 1.29 is 55.5 Å². The molecule has 6 aliphatic carbocycles. The second kappa shape index (κ2) is 20.9. The third-order valence-electron chi connectivity index (χ3n) is 16.4. The summed E-state index contributed by atoms with van der Waals surface area (Å²) in [4.78, 5) is 11.6. The SMILES string of the molecule is CC(C)n1nc(-c2cnc(N)c(C(F)(F)F)c2)cc1C1[C@H]2CC(O)C[C@@H]12.CC(C)n1nc(-c2cnc(N)c(OC(F)F)c2)cc1C1[C@H]2CC(O)C[C@@H]12.CC(C)n1nc(-c2cnc(N)c(OC(F)F)c2)cc1C1[C@H]2CC(O)C[C@@H]12. The molecular formula is C54H65F7N12O5. The molecule has 0 saturated heterocycles. The van der Waals surface area contributed by atoms with E-state index in [0.717, 1.165) is 61.7 Å². The number of fused-ring (bicyclic) bond motifs is 3. The van der Waals surface area contributed by atoms with Gasteiger partial charge < -0.3 is 42.0 Å². The Labute approximate surface area is 445 Å². The van der Waals surface area contributed by atoms with Gasteiger partial charge in [-0.2, -0.15) is 46.0 Å². The summed E-state index contributed by atoms with van der Waals surface area (Å²) in [6, 6.07) is 10.2. The number of halogens is 7. The number of nitrogens with two attached hydrogens (primary N) is 3. The highest BCUT2D eigenvalue weighted by molar-refractivity contribution is 5.66. The maximum Gasteiger partial charge on any atom is 0.419 e. The zero-order chi connectivity index (χ0) is 56.0. The molecule has 6 saturated carbocycles. The van der Waals surface area contributed by atoms with Crippen molar-refractivity contribution in [3.63, 3.8) is 0 Å². The van der Waals surface area contributed by atoms with E-state index in [0.29, 0.717) is 87.0 Å². The van der Waals surface area contributed by atoms with Crippen molar-refractivity contribution in [2.24, 2.45) is 35.5 Å². The molecule has 420 valence electrons. The van der Waals surface area contributed by atoms with Gasteiger partial charge in [0, 0.05) is 88.2 Å². The maximum absolute atomic E-state index is 13.1. The molecule has 6 aliphatic rings. The van der Waals surface area contributed by atoms with Crippen LogP contribution in [0.5, 0.6) is 11.5 Å². The van der Waals surface area contributed by atoms with E-state index in [-0.39, 0.29) is 59.6 Å². The lowest BCUT2D eigenvalue weighted by atomic mass is 10.0. The molecule has 78 heavy (non-hydrogen) atoms. The zero-order valence-electron chi connectivity index (χ0n) is 43.8. The zero-order valence-corrected chi connectivity index (χ0v) is 43.8. The molecule has 12 atom stereocenters. The highest BCUT2D eigenvalue weighted by atomic mass is 19.4. The molecule has 6 unspecified atom stereocenters.